The fourth-order valence-electron chi connectivity index (χ4n) is 2.96. The molecule has 0 saturated carbocycles. The third kappa shape index (κ3) is 7.18. The number of hydrogen-bond donors (Lipinski definition) is 1. The quantitative estimate of drug-likeness (QED) is 0.135. The summed E-state index contributed by atoms with van der Waals surface area (Å²) in [6.07, 6.45) is 1.41. The van der Waals surface area contributed by atoms with Crippen molar-refractivity contribution in [2.45, 2.75) is 18.7 Å². The van der Waals surface area contributed by atoms with Gasteiger partial charge >= 0.3 is 10.1 Å². The Bertz CT molecular complexity index is 1430. The molecule has 180 valence electrons. The van der Waals surface area contributed by atoms with Gasteiger partial charge in [-0.05, 0) is 113 Å². The van der Waals surface area contributed by atoms with Crippen molar-refractivity contribution in [1.82, 2.24) is 0 Å². The van der Waals surface area contributed by atoms with E-state index in [9.17, 15) is 18.5 Å². The first-order valence-electron chi connectivity index (χ1n) is 10.3. The topological polar surface area (TPSA) is 105 Å². The van der Waals surface area contributed by atoms with Crippen molar-refractivity contribution < 1.29 is 22.1 Å². The zero-order valence-corrected chi connectivity index (χ0v) is 23.8. The molecule has 3 aromatic carbocycles. The molecule has 0 aliphatic heterocycles. The molecule has 1 N–H and O–H groups in total. The van der Waals surface area contributed by atoms with Crippen molar-refractivity contribution in [3.05, 3.63) is 84.5 Å². The monoisotopic (exact) mass is 714 g/mol. The number of carbonyl (C=O) groups is 1. The molecule has 0 aliphatic carbocycles. The number of carbonyl (C=O) groups excluding carboxylic acids is 1. The summed E-state index contributed by atoms with van der Waals surface area (Å²) in [7, 11) is -4.10. The predicted molar refractivity (Wildman–Crippen MR) is 151 cm³/mol. The summed E-state index contributed by atoms with van der Waals surface area (Å²) < 4.78 is 38.1. The van der Waals surface area contributed by atoms with E-state index in [0.717, 1.165) is 9.13 Å². The maximum absolute atomic E-state index is 12.8. The summed E-state index contributed by atoms with van der Waals surface area (Å²) in [6, 6.07) is 18.6. The van der Waals surface area contributed by atoms with Crippen LogP contribution in [0.2, 0.25) is 0 Å². The molecule has 7 nitrogen and oxygen atoms in total. The Kier molecular flexibility index (Phi) is 9.15. The number of anilines is 1. The maximum Gasteiger partial charge on any atom is 0.339 e. The van der Waals surface area contributed by atoms with Gasteiger partial charge in [0.2, 0.25) is 0 Å². The largest absolute Gasteiger partial charge is 0.490 e. The Balaban J connectivity index is 1.94. The second-order valence-corrected chi connectivity index (χ2v) is 11.2. The molecule has 0 aromatic heterocycles. The van der Waals surface area contributed by atoms with Crippen molar-refractivity contribution in [3.63, 3.8) is 0 Å². The number of hydrogen-bond acceptors (Lipinski definition) is 6. The van der Waals surface area contributed by atoms with Gasteiger partial charge in [-0.15, -0.1) is 0 Å². The van der Waals surface area contributed by atoms with Crippen LogP contribution in [-0.2, 0) is 14.9 Å². The molecule has 1 amide bonds. The number of amides is 1. The molecule has 35 heavy (non-hydrogen) atoms. The second kappa shape index (κ2) is 11.9. The first-order chi connectivity index (χ1) is 16.6. The van der Waals surface area contributed by atoms with Crippen LogP contribution in [0.4, 0.5) is 5.69 Å². The SMILES string of the molecule is CCOc1cc(/C=C(\C#N)C(=O)Nc2cccc(I)c2)cc(I)c1OS(=O)(=O)c1ccc(C)cc1. The highest BCUT2D eigenvalue weighted by Crippen LogP contribution is 2.37. The summed E-state index contributed by atoms with van der Waals surface area (Å²) in [5, 5.41) is 12.3. The molecule has 0 fully saturated rings. The number of nitrogens with one attached hydrogen (secondary N) is 1. The molecule has 0 aliphatic rings. The summed E-state index contributed by atoms with van der Waals surface area (Å²) >= 11 is 4.06. The van der Waals surface area contributed by atoms with Crippen LogP contribution in [0.5, 0.6) is 11.5 Å². The number of halogens is 2. The minimum Gasteiger partial charge on any atom is -0.490 e. The zero-order valence-electron chi connectivity index (χ0n) is 18.7. The standard InChI is InChI=1S/C25H20I2N2O5S/c1-3-33-23-13-17(11-18(15-28)25(30)29-20-6-4-5-19(26)14-20)12-22(27)24(23)34-35(31,32)21-9-7-16(2)8-10-21/h4-14H,3H2,1-2H3,(H,29,30)/b18-11+. The molecule has 0 unspecified atom stereocenters. The van der Waals surface area contributed by atoms with Crippen LogP contribution in [0.1, 0.15) is 18.1 Å². The number of ether oxygens (including phenoxy) is 1. The van der Waals surface area contributed by atoms with E-state index in [0.29, 0.717) is 14.8 Å². The molecule has 0 spiro atoms. The number of aryl methyl sites for hydroxylation is 1. The lowest BCUT2D eigenvalue weighted by atomic mass is 10.1. The van der Waals surface area contributed by atoms with Gasteiger partial charge in [0.1, 0.15) is 16.5 Å². The van der Waals surface area contributed by atoms with Gasteiger partial charge in [-0.2, -0.15) is 13.7 Å². The molecular formula is C25H20I2N2O5S. The van der Waals surface area contributed by atoms with Crippen LogP contribution in [0.3, 0.4) is 0 Å². The van der Waals surface area contributed by atoms with Gasteiger partial charge in [0.15, 0.2) is 11.5 Å². The highest BCUT2D eigenvalue weighted by atomic mass is 127. The average Bonchev–Trinajstić information content (AvgIpc) is 2.80. The molecule has 0 atom stereocenters. The van der Waals surface area contributed by atoms with Gasteiger partial charge in [0.25, 0.3) is 5.91 Å². The van der Waals surface area contributed by atoms with Crippen molar-refractivity contribution in [2.75, 3.05) is 11.9 Å². The lowest BCUT2D eigenvalue weighted by molar-refractivity contribution is -0.112. The van der Waals surface area contributed by atoms with E-state index in [-0.39, 0.29) is 28.6 Å². The van der Waals surface area contributed by atoms with Gasteiger partial charge in [0.05, 0.1) is 10.2 Å². The number of benzene rings is 3. The molecule has 0 radical (unpaired) electrons. The number of rotatable bonds is 8. The third-order valence-corrected chi connectivity index (χ3v) is 7.30. The van der Waals surface area contributed by atoms with Gasteiger partial charge in [-0.1, -0.05) is 23.8 Å². The Morgan fingerprint density at radius 2 is 1.83 bits per heavy atom. The maximum atomic E-state index is 12.8. The minimum atomic E-state index is -4.10. The van der Waals surface area contributed by atoms with Gasteiger partial charge in [0, 0.05) is 9.26 Å². The fraction of sp³-hybridized carbons (Fsp3) is 0.120. The van der Waals surface area contributed by atoms with Gasteiger partial charge in [-0.3, -0.25) is 4.79 Å². The highest BCUT2D eigenvalue weighted by molar-refractivity contribution is 14.1. The summed E-state index contributed by atoms with van der Waals surface area (Å²) in [5.74, 6) is -0.353. The van der Waals surface area contributed by atoms with E-state index in [1.807, 2.05) is 41.7 Å². The van der Waals surface area contributed by atoms with E-state index in [1.165, 1.54) is 24.3 Å². The summed E-state index contributed by atoms with van der Waals surface area (Å²) in [6.45, 7) is 3.86. The van der Waals surface area contributed by atoms with Crippen LogP contribution in [0.15, 0.2) is 71.1 Å². The highest BCUT2D eigenvalue weighted by Gasteiger charge is 2.22. The van der Waals surface area contributed by atoms with Crippen LogP contribution in [0, 0.1) is 25.4 Å². The molecule has 10 heteroatoms. The van der Waals surface area contributed by atoms with Gasteiger partial charge < -0.3 is 14.2 Å². The van der Waals surface area contributed by atoms with E-state index in [1.54, 1.807) is 43.3 Å². The van der Waals surface area contributed by atoms with E-state index >= 15 is 0 Å². The van der Waals surface area contributed by atoms with Crippen LogP contribution < -0.4 is 14.2 Å². The molecule has 3 aromatic rings. The normalized spacial score (nSPS) is 11.5. The number of nitrogens with zero attached hydrogens (tertiary/aromatic N) is 1. The molecule has 0 saturated heterocycles. The third-order valence-electron chi connectivity index (χ3n) is 4.59. The molecule has 0 bridgehead atoms. The van der Waals surface area contributed by atoms with E-state index in [4.69, 9.17) is 8.92 Å². The van der Waals surface area contributed by atoms with Crippen molar-refractivity contribution in [3.8, 4) is 17.6 Å². The second-order valence-electron chi connectivity index (χ2n) is 7.25. The Morgan fingerprint density at radius 1 is 1.11 bits per heavy atom. The van der Waals surface area contributed by atoms with Crippen molar-refractivity contribution in [1.29, 1.82) is 5.26 Å². The van der Waals surface area contributed by atoms with Gasteiger partial charge in [-0.25, -0.2) is 0 Å². The van der Waals surface area contributed by atoms with E-state index in [2.05, 4.69) is 27.9 Å². The molecule has 3 rings (SSSR count). The summed E-state index contributed by atoms with van der Waals surface area (Å²) in [4.78, 5) is 12.7. The Hall–Kier alpha value is -2.63. The van der Waals surface area contributed by atoms with Crippen LogP contribution in [-0.4, -0.2) is 20.9 Å². The average molecular weight is 714 g/mol. The molecule has 0 heterocycles. The van der Waals surface area contributed by atoms with Crippen LogP contribution in [0.25, 0.3) is 6.08 Å². The molecular weight excluding hydrogens is 694 g/mol. The first-order valence-corrected chi connectivity index (χ1v) is 13.9. The Morgan fingerprint density at radius 3 is 2.46 bits per heavy atom. The lowest BCUT2D eigenvalue weighted by Crippen LogP contribution is -2.13. The first kappa shape index (κ1) is 27.0. The predicted octanol–water partition coefficient (Wildman–Crippen LogP) is 5.92. The Labute approximate surface area is 231 Å². The number of nitriles is 1. The van der Waals surface area contributed by atoms with Crippen LogP contribution >= 0.6 is 45.2 Å². The van der Waals surface area contributed by atoms with Crippen molar-refractivity contribution in [2.24, 2.45) is 0 Å². The minimum absolute atomic E-state index is 0.0179. The zero-order chi connectivity index (χ0) is 25.6. The lowest BCUT2D eigenvalue weighted by Gasteiger charge is -2.15. The summed E-state index contributed by atoms with van der Waals surface area (Å²) in [5.41, 5.74) is 1.84. The fourth-order valence-corrected chi connectivity index (χ4v) is 5.34. The van der Waals surface area contributed by atoms with E-state index < -0.39 is 16.0 Å². The smallest absolute Gasteiger partial charge is 0.339 e. The van der Waals surface area contributed by atoms with Crippen molar-refractivity contribution >= 4 is 73.0 Å².